The van der Waals surface area contributed by atoms with E-state index in [1.165, 1.54) is 12.5 Å². The number of hydrogen-bond acceptors (Lipinski definition) is 3. The van der Waals surface area contributed by atoms with Crippen LogP contribution >= 0.6 is 0 Å². The molecule has 0 bridgehead atoms. The molecule has 26 heavy (non-hydrogen) atoms. The summed E-state index contributed by atoms with van der Waals surface area (Å²) in [5, 5.41) is 2.73. The minimum absolute atomic E-state index is 0.103. The lowest BCUT2D eigenvalue weighted by Gasteiger charge is -2.18. The van der Waals surface area contributed by atoms with E-state index >= 15 is 0 Å². The van der Waals surface area contributed by atoms with E-state index in [1.807, 2.05) is 47.4 Å². The van der Waals surface area contributed by atoms with Gasteiger partial charge in [-0.15, -0.1) is 0 Å². The van der Waals surface area contributed by atoms with Crippen molar-refractivity contribution >= 4 is 17.5 Å². The van der Waals surface area contributed by atoms with Gasteiger partial charge in [0.15, 0.2) is 0 Å². The van der Waals surface area contributed by atoms with Crippen LogP contribution in [0.4, 0.5) is 5.69 Å². The summed E-state index contributed by atoms with van der Waals surface area (Å²) in [7, 11) is 1.68. The summed E-state index contributed by atoms with van der Waals surface area (Å²) in [6, 6.07) is 15.4. The molecule has 2 aromatic rings. The Bertz CT molecular complexity index is 786. The lowest BCUT2D eigenvalue weighted by atomic mass is 9.97. The monoisotopic (exact) mass is 352 g/mol. The van der Waals surface area contributed by atoms with Gasteiger partial charge in [0, 0.05) is 31.6 Å². The van der Waals surface area contributed by atoms with E-state index in [9.17, 15) is 9.59 Å². The zero-order valence-corrected chi connectivity index (χ0v) is 15.2. The third kappa shape index (κ3) is 4.23. The number of benzene rings is 2. The summed E-state index contributed by atoms with van der Waals surface area (Å²) in [5.74, 6) is 1.24. The highest BCUT2D eigenvalue weighted by atomic mass is 16.5. The van der Waals surface area contributed by atoms with Crippen LogP contribution < -0.4 is 10.1 Å². The van der Waals surface area contributed by atoms with Crippen LogP contribution in [0.2, 0.25) is 0 Å². The Morgan fingerprint density at radius 2 is 1.88 bits per heavy atom. The van der Waals surface area contributed by atoms with Crippen LogP contribution in [-0.4, -0.2) is 36.9 Å². The first-order valence-electron chi connectivity index (χ1n) is 8.84. The number of likely N-dealkylation sites (tertiary alicyclic amines) is 1. The number of para-hydroxylation sites is 1. The summed E-state index contributed by atoms with van der Waals surface area (Å²) < 4.78 is 5.45. The maximum atomic E-state index is 12.6. The zero-order chi connectivity index (χ0) is 18.5. The molecule has 1 N–H and O–H groups in total. The van der Waals surface area contributed by atoms with E-state index in [4.69, 9.17) is 4.74 Å². The fourth-order valence-corrected chi connectivity index (χ4v) is 3.44. The Balaban J connectivity index is 1.60. The molecule has 0 aliphatic carbocycles. The highest BCUT2D eigenvalue weighted by Crippen LogP contribution is 2.33. The predicted octanol–water partition coefficient (Wildman–Crippen LogP) is 3.21. The maximum absolute atomic E-state index is 12.6. The average molecular weight is 352 g/mol. The fraction of sp³-hybridized carbons (Fsp3) is 0.333. The summed E-state index contributed by atoms with van der Waals surface area (Å²) in [6.45, 7) is 2.97. The van der Waals surface area contributed by atoms with Crippen LogP contribution in [0.1, 0.15) is 30.4 Å². The van der Waals surface area contributed by atoms with Gasteiger partial charge >= 0.3 is 0 Å². The quantitative estimate of drug-likeness (QED) is 0.899. The number of carbonyl (C=O) groups excluding carboxylic acids is 2. The third-order valence-corrected chi connectivity index (χ3v) is 4.75. The molecule has 5 heteroatoms. The second kappa shape index (κ2) is 8.04. The molecule has 0 radical (unpaired) electrons. The van der Waals surface area contributed by atoms with Gasteiger partial charge in [-0.2, -0.15) is 0 Å². The van der Waals surface area contributed by atoms with E-state index in [-0.39, 0.29) is 11.8 Å². The second-order valence-corrected chi connectivity index (χ2v) is 6.62. The van der Waals surface area contributed by atoms with Crippen molar-refractivity contribution in [3.8, 4) is 5.75 Å². The smallest absolute Gasteiger partial charge is 0.227 e. The van der Waals surface area contributed by atoms with Crippen molar-refractivity contribution in [3.63, 3.8) is 0 Å². The fourth-order valence-electron chi connectivity index (χ4n) is 3.44. The SMILES string of the molecule is COc1ccccc1[C@@H]1CCN(C(=O)Cc2ccc(NC(C)=O)cc2)C1. The molecule has 1 aliphatic rings. The first-order chi connectivity index (χ1) is 12.6. The number of methoxy groups -OCH3 is 1. The van der Waals surface area contributed by atoms with E-state index in [0.717, 1.165) is 36.5 Å². The minimum atomic E-state index is -0.103. The van der Waals surface area contributed by atoms with Crippen LogP contribution in [0.15, 0.2) is 48.5 Å². The number of carbonyl (C=O) groups is 2. The Kier molecular flexibility index (Phi) is 5.56. The first-order valence-corrected chi connectivity index (χ1v) is 8.84. The van der Waals surface area contributed by atoms with Crippen molar-refractivity contribution in [2.45, 2.75) is 25.7 Å². The van der Waals surface area contributed by atoms with Crippen LogP contribution in [0.3, 0.4) is 0 Å². The normalized spacial score (nSPS) is 16.4. The van der Waals surface area contributed by atoms with Crippen molar-refractivity contribution in [1.29, 1.82) is 0 Å². The molecule has 2 aromatic carbocycles. The van der Waals surface area contributed by atoms with E-state index in [2.05, 4.69) is 11.4 Å². The number of rotatable bonds is 5. The number of anilines is 1. The minimum Gasteiger partial charge on any atom is -0.496 e. The van der Waals surface area contributed by atoms with Crippen LogP contribution in [0, 0.1) is 0 Å². The highest BCUT2D eigenvalue weighted by Gasteiger charge is 2.28. The molecule has 0 aromatic heterocycles. The van der Waals surface area contributed by atoms with Gasteiger partial charge in [0.2, 0.25) is 11.8 Å². The van der Waals surface area contributed by atoms with E-state index in [1.54, 1.807) is 7.11 Å². The van der Waals surface area contributed by atoms with Gasteiger partial charge in [0.05, 0.1) is 13.5 Å². The van der Waals surface area contributed by atoms with Gasteiger partial charge in [0.25, 0.3) is 0 Å². The molecule has 5 nitrogen and oxygen atoms in total. The molecular weight excluding hydrogens is 328 g/mol. The van der Waals surface area contributed by atoms with Crippen molar-refractivity contribution in [3.05, 3.63) is 59.7 Å². The third-order valence-electron chi connectivity index (χ3n) is 4.75. The number of ether oxygens (including phenoxy) is 1. The molecule has 0 unspecified atom stereocenters. The van der Waals surface area contributed by atoms with Crippen molar-refractivity contribution in [2.75, 3.05) is 25.5 Å². The molecule has 1 aliphatic heterocycles. The predicted molar refractivity (Wildman–Crippen MR) is 101 cm³/mol. The van der Waals surface area contributed by atoms with E-state index in [0.29, 0.717) is 12.3 Å². The summed E-state index contributed by atoms with van der Waals surface area (Å²) in [6.07, 6.45) is 1.33. The standard InChI is InChI=1S/C21H24N2O3/c1-15(24)22-18-9-7-16(8-10-18)13-21(25)23-12-11-17(14-23)19-5-3-4-6-20(19)26-2/h3-10,17H,11-14H2,1-2H3,(H,22,24)/t17-/m1/s1. The van der Waals surface area contributed by atoms with Crippen molar-refractivity contribution in [1.82, 2.24) is 4.90 Å². The lowest BCUT2D eigenvalue weighted by Crippen LogP contribution is -2.29. The first kappa shape index (κ1) is 18.0. The summed E-state index contributed by atoms with van der Waals surface area (Å²) in [4.78, 5) is 25.6. The van der Waals surface area contributed by atoms with Gasteiger partial charge in [-0.25, -0.2) is 0 Å². The topological polar surface area (TPSA) is 58.6 Å². The lowest BCUT2D eigenvalue weighted by molar-refractivity contribution is -0.129. The Morgan fingerprint density at radius 3 is 2.58 bits per heavy atom. The molecule has 0 saturated carbocycles. The molecule has 1 atom stereocenters. The van der Waals surface area contributed by atoms with Crippen molar-refractivity contribution in [2.24, 2.45) is 0 Å². The zero-order valence-electron chi connectivity index (χ0n) is 15.2. The van der Waals surface area contributed by atoms with Crippen molar-refractivity contribution < 1.29 is 14.3 Å². The summed E-state index contributed by atoms with van der Waals surface area (Å²) >= 11 is 0. The molecule has 0 spiro atoms. The van der Waals surface area contributed by atoms with Gasteiger partial charge in [0.1, 0.15) is 5.75 Å². The molecule has 1 saturated heterocycles. The maximum Gasteiger partial charge on any atom is 0.227 e. The van der Waals surface area contributed by atoms with Crippen LogP contribution in [-0.2, 0) is 16.0 Å². The van der Waals surface area contributed by atoms with Gasteiger partial charge in [-0.05, 0) is 35.7 Å². The Hall–Kier alpha value is -2.82. The number of nitrogens with one attached hydrogen (secondary N) is 1. The second-order valence-electron chi connectivity index (χ2n) is 6.62. The molecule has 136 valence electrons. The summed E-state index contributed by atoms with van der Waals surface area (Å²) in [5.41, 5.74) is 2.86. The number of hydrogen-bond donors (Lipinski definition) is 1. The van der Waals surface area contributed by atoms with Crippen LogP contribution in [0.25, 0.3) is 0 Å². The largest absolute Gasteiger partial charge is 0.496 e. The average Bonchev–Trinajstić information content (AvgIpc) is 3.13. The van der Waals surface area contributed by atoms with Gasteiger partial charge in [-0.1, -0.05) is 30.3 Å². The highest BCUT2D eigenvalue weighted by molar-refractivity contribution is 5.88. The molecular formula is C21H24N2O3. The Labute approximate surface area is 154 Å². The van der Waals surface area contributed by atoms with Gasteiger partial charge in [-0.3, -0.25) is 9.59 Å². The van der Waals surface area contributed by atoms with Gasteiger partial charge < -0.3 is 15.0 Å². The number of amides is 2. The molecule has 3 rings (SSSR count). The molecule has 1 heterocycles. The molecule has 2 amide bonds. The van der Waals surface area contributed by atoms with Crippen LogP contribution in [0.5, 0.6) is 5.75 Å². The molecule has 1 fully saturated rings. The van der Waals surface area contributed by atoms with E-state index < -0.39 is 0 Å². The Morgan fingerprint density at radius 1 is 1.15 bits per heavy atom. The number of nitrogens with zero attached hydrogens (tertiary/aromatic N) is 1.